The van der Waals surface area contributed by atoms with Crippen LogP contribution in [0.15, 0.2) is 30.6 Å². The lowest BCUT2D eigenvalue weighted by atomic mass is 9.98. The van der Waals surface area contributed by atoms with Crippen LogP contribution in [0.5, 0.6) is 5.75 Å². The van der Waals surface area contributed by atoms with E-state index >= 15 is 0 Å². The van der Waals surface area contributed by atoms with E-state index in [4.69, 9.17) is 4.74 Å². The van der Waals surface area contributed by atoms with Crippen LogP contribution in [-0.2, 0) is 0 Å². The van der Waals surface area contributed by atoms with E-state index in [1.807, 2.05) is 6.20 Å². The largest absolute Gasteiger partial charge is 0.496 e. The zero-order chi connectivity index (χ0) is 17.8. The first-order valence-electron chi connectivity index (χ1n) is 8.50. The third kappa shape index (κ3) is 3.60. The van der Waals surface area contributed by atoms with Crippen LogP contribution in [0.3, 0.4) is 0 Å². The minimum atomic E-state index is -0.504. The molecule has 3 rings (SSSR count). The summed E-state index contributed by atoms with van der Waals surface area (Å²) in [5.41, 5.74) is 1.35. The van der Waals surface area contributed by atoms with Crippen molar-refractivity contribution in [2.75, 3.05) is 13.7 Å². The van der Waals surface area contributed by atoms with E-state index in [1.165, 1.54) is 13.2 Å². The number of likely N-dealkylation sites (tertiary alicyclic amines) is 1. The summed E-state index contributed by atoms with van der Waals surface area (Å²) in [6.07, 6.45) is 6.49. The summed E-state index contributed by atoms with van der Waals surface area (Å²) < 4.78 is 19.5. The highest BCUT2D eigenvalue weighted by atomic mass is 19.1. The molecule has 134 valence electrons. The molecule has 1 fully saturated rings. The van der Waals surface area contributed by atoms with Crippen molar-refractivity contribution in [3.63, 3.8) is 0 Å². The molecule has 1 aliphatic heterocycles. The highest BCUT2D eigenvalue weighted by molar-refractivity contribution is 5.75. The van der Waals surface area contributed by atoms with Crippen molar-refractivity contribution in [3.8, 4) is 5.75 Å². The summed E-state index contributed by atoms with van der Waals surface area (Å²) in [7, 11) is 1.49. The van der Waals surface area contributed by atoms with Gasteiger partial charge in [-0.2, -0.15) is 5.10 Å². The number of aromatic nitrogens is 2. The van der Waals surface area contributed by atoms with Crippen molar-refractivity contribution in [1.82, 2.24) is 20.4 Å². The quantitative estimate of drug-likeness (QED) is 0.889. The van der Waals surface area contributed by atoms with Gasteiger partial charge in [-0.25, -0.2) is 9.18 Å². The van der Waals surface area contributed by atoms with Crippen molar-refractivity contribution in [3.05, 3.63) is 47.5 Å². The fourth-order valence-corrected chi connectivity index (χ4v) is 3.42. The fraction of sp³-hybridized carbons (Fsp3) is 0.444. The van der Waals surface area contributed by atoms with Crippen molar-refractivity contribution in [2.24, 2.45) is 0 Å². The Balaban J connectivity index is 1.77. The van der Waals surface area contributed by atoms with Crippen LogP contribution in [0.4, 0.5) is 9.18 Å². The molecule has 0 radical (unpaired) electrons. The first kappa shape index (κ1) is 17.3. The van der Waals surface area contributed by atoms with Gasteiger partial charge in [-0.1, -0.05) is 6.07 Å². The van der Waals surface area contributed by atoms with E-state index in [-0.39, 0.29) is 12.1 Å². The number of methoxy groups -OCH3 is 1. The zero-order valence-electron chi connectivity index (χ0n) is 14.5. The predicted octanol–water partition coefficient (Wildman–Crippen LogP) is 3.56. The van der Waals surface area contributed by atoms with Gasteiger partial charge in [-0.05, 0) is 38.3 Å². The van der Waals surface area contributed by atoms with Gasteiger partial charge in [-0.3, -0.25) is 5.10 Å². The molecule has 2 N–H and O–H groups in total. The number of carbonyl (C=O) groups excluding carboxylic acids is 1. The first-order valence-corrected chi connectivity index (χ1v) is 8.50. The highest BCUT2D eigenvalue weighted by Gasteiger charge is 2.30. The van der Waals surface area contributed by atoms with Gasteiger partial charge in [0.25, 0.3) is 0 Å². The molecular weight excluding hydrogens is 323 g/mol. The Morgan fingerprint density at radius 3 is 3.04 bits per heavy atom. The molecule has 2 atom stereocenters. The molecule has 1 aromatic heterocycles. The molecule has 0 aliphatic carbocycles. The minimum Gasteiger partial charge on any atom is -0.496 e. The van der Waals surface area contributed by atoms with E-state index in [0.717, 1.165) is 24.8 Å². The lowest BCUT2D eigenvalue weighted by Gasteiger charge is -2.36. The molecule has 2 amide bonds. The van der Waals surface area contributed by atoms with E-state index < -0.39 is 11.9 Å². The van der Waals surface area contributed by atoms with Gasteiger partial charge in [0.15, 0.2) is 0 Å². The Labute approximate surface area is 146 Å². The van der Waals surface area contributed by atoms with Crippen molar-refractivity contribution >= 4 is 6.03 Å². The summed E-state index contributed by atoms with van der Waals surface area (Å²) in [6.45, 7) is 2.43. The van der Waals surface area contributed by atoms with E-state index in [2.05, 4.69) is 15.5 Å². The summed E-state index contributed by atoms with van der Waals surface area (Å²) in [5.74, 6) is 0.0370. The number of rotatable bonds is 4. The number of H-pyrrole nitrogens is 1. The Hall–Kier alpha value is -2.57. The lowest BCUT2D eigenvalue weighted by Crippen LogP contribution is -2.45. The number of halogens is 1. The lowest BCUT2D eigenvalue weighted by molar-refractivity contribution is 0.148. The molecule has 6 nitrogen and oxygen atoms in total. The van der Waals surface area contributed by atoms with Gasteiger partial charge in [0, 0.05) is 18.3 Å². The maximum absolute atomic E-state index is 14.2. The van der Waals surface area contributed by atoms with Crippen LogP contribution in [-0.4, -0.2) is 34.8 Å². The number of ether oxygens (including phenoxy) is 1. The number of nitrogens with one attached hydrogen (secondary N) is 2. The Kier molecular flexibility index (Phi) is 5.21. The van der Waals surface area contributed by atoms with Crippen molar-refractivity contribution < 1.29 is 13.9 Å². The third-order valence-electron chi connectivity index (χ3n) is 4.67. The van der Waals surface area contributed by atoms with Gasteiger partial charge >= 0.3 is 6.03 Å². The van der Waals surface area contributed by atoms with Crippen LogP contribution < -0.4 is 10.1 Å². The van der Waals surface area contributed by atoms with Gasteiger partial charge in [-0.15, -0.1) is 0 Å². The molecule has 2 heterocycles. The maximum Gasteiger partial charge on any atom is 0.318 e. The number of nitrogens with zero attached hydrogens (tertiary/aromatic N) is 2. The van der Waals surface area contributed by atoms with Gasteiger partial charge in [0.05, 0.1) is 31.0 Å². The summed E-state index contributed by atoms with van der Waals surface area (Å²) in [4.78, 5) is 14.6. The molecule has 2 aromatic rings. The second-order valence-electron chi connectivity index (χ2n) is 6.26. The number of carbonyl (C=O) groups is 1. The highest BCUT2D eigenvalue weighted by Crippen LogP contribution is 2.32. The number of aromatic amines is 1. The van der Waals surface area contributed by atoms with Gasteiger partial charge < -0.3 is 15.0 Å². The molecule has 1 aromatic carbocycles. The molecule has 0 unspecified atom stereocenters. The van der Waals surface area contributed by atoms with E-state index in [1.54, 1.807) is 30.2 Å². The topological polar surface area (TPSA) is 70.2 Å². The summed E-state index contributed by atoms with van der Waals surface area (Å²) >= 11 is 0. The second kappa shape index (κ2) is 7.55. The molecule has 1 saturated heterocycles. The molecule has 0 bridgehead atoms. The predicted molar refractivity (Wildman–Crippen MR) is 91.8 cm³/mol. The Morgan fingerprint density at radius 1 is 1.48 bits per heavy atom. The van der Waals surface area contributed by atoms with Crippen LogP contribution >= 0.6 is 0 Å². The Bertz CT molecular complexity index is 720. The number of hydrogen-bond acceptors (Lipinski definition) is 3. The SMILES string of the molecule is COc1cccc(F)c1[C@H](C)NC(=O)N1CCCC[C@H]1c1cn[nH]c1. The number of hydrogen-bond donors (Lipinski definition) is 2. The molecular formula is C18H23FN4O2. The second-order valence-corrected chi connectivity index (χ2v) is 6.26. The molecule has 0 spiro atoms. The number of urea groups is 1. The summed E-state index contributed by atoms with van der Waals surface area (Å²) in [5, 5.41) is 9.70. The van der Waals surface area contributed by atoms with Gasteiger partial charge in [0.1, 0.15) is 11.6 Å². The average Bonchev–Trinajstić information content (AvgIpc) is 3.15. The zero-order valence-corrected chi connectivity index (χ0v) is 14.5. The molecule has 7 heteroatoms. The smallest absolute Gasteiger partial charge is 0.318 e. The first-order chi connectivity index (χ1) is 12.1. The molecule has 25 heavy (non-hydrogen) atoms. The van der Waals surface area contributed by atoms with E-state index in [9.17, 15) is 9.18 Å². The standard InChI is InChI=1S/C18H23FN4O2/c1-12(17-14(19)6-5-8-16(17)25-2)22-18(24)23-9-4-3-7-15(23)13-10-20-21-11-13/h5-6,8,10-12,15H,3-4,7,9H2,1-2H3,(H,20,21)(H,22,24)/t12-,15-/m0/s1. The van der Waals surface area contributed by atoms with Crippen LogP contribution in [0, 0.1) is 5.82 Å². The van der Waals surface area contributed by atoms with Gasteiger partial charge in [0.2, 0.25) is 0 Å². The third-order valence-corrected chi connectivity index (χ3v) is 4.67. The number of benzene rings is 1. The van der Waals surface area contributed by atoms with Crippen LogP contribution in [0.1, 0.15) is 49.4 Å². The van der Waals surface area contributed by atoms with E-state index in [0.29, 0.717) is 17.9 Å². The fourth-order valence-electron chi connectivity index (χ4n) is 3.42. The number of amides is 2. The minimum absolute atomic E-state index is 0.0118. The monoisotopic (exact) mass is 346 g/mol. The normalized spacial score (nSPS) is 18.7. The Morgan fingerprint density at radius 2 is 2.32 bits per heavy atom. The number of piperidine rings is 1. The van der Waals surface area contributed by atoms with Crippen molar-refractivity contribution in [1.29, 1.82) is 0 Å². The van der Waals surface area contributed by atoms with Crippen LogP contribution in [0.25, 0.3) is 0 Å². The van der Waals surface area contributed by atoms with Crippen LogP contribution in [0.2, 0.25) is 0 Å². The maximum atomic E-state index is 14.2. The van der Waals surface area contributed by atoms with Crippen molar-refractivity contribution in [2.45, 2.75) is 38.3 Å². The molecule has 0 saturated carbocycles. The molecule has 1 aliphatic rings. The summed E-state index contributed by atoms with van der Waals surface area (Å²) in [6, 6.07) is 3.93. The average molecular weight is 346 g/mol.